The standard InChI is InChI=1S/C22H21Cl2N3O3/c1-14-19(22(24)27(26-14)18-6-4-3-5-7-18)13-30-21(29)12-20(25-15(2)28)16-8-10-17(23)11-9-16/h3-11,20H,12-13H2,1-2H3,(H,25,28). The highest BCUT2D eigenvalue weighted by Crippen LogP contribution is 2.25. The van der Waals surface area contributed by atoms with E-state index in [1.807, 2.05) is 37.3 Å². The van der Waals surface area contributed by atoms with Crippen LogP contribution in [-0.4, -0.2) is 21.7 Å². The predicted octanol–water partition coefficient (Wildman–Crippen LogP) is 4.80. The lowest BCUT2D eigenvalue weighted by atomic mass is 10.0. The van der Waals surface area contributed by atoms with Crippen molar-refractivity contribution in [3.8, 4) is 5.69 Å². The van der Waals surface area contributed by atoms with E-state index in [4.69, 9.17) is 27.9 Å². The Bertz CT molecular complexity index is 1030. The molecule has 1 N–H and O–H groups in total. The highest BCUT2D eigenvalue weighted by molar-refractivity contribution is 6.30. The van der Waals surface area contributed by atoms with Crippen LogP contribution in [0, 0.1) is 6.92 Å². The number of hydrogen-bond donors (Lipinski definition) is 1. The van der Waals surface area contributed by atoms with Crippen LogP contribution in [0.2, 0.25) is 10.2 Å². The minimum atomic E-state index is -0.518. The second-order valence-electron chi connectivity index (χ2n) is 6.77. The lowest BCUT2D eigenvalue weighted by Gasteiger charge is -2.18. The maximum atomic E-state index is 12.5. The molecule has 156 valence electrons. The molecule has 1 aromatic heterocycles. The van der Waals surface area contributed by atoms with E-state index < -0.39 is 12.0 Å². The zero-order chi connectivity index (χ0) is 21.7. The van der Waals surface area contributed by atoms with Crippen molar-refractivity contribution in [3.63, 3.8) is 0 Å². The number of nitrogens with zero attached hydrogens (tertiary/aromatic N) is 2. The third-order valence-electron chi connectivity index (χ3n) is 4.52. The SMILES string of the molecule is CC(=O)NC(CC(=O)OCc1c(C)nn(-c2ccccc2)c1Cl)c1ccc(Cl)cc1. The summed E-state index contributed by atoms with van der Waals surface area (Å²) in [6, 6.07) is 15.9. The van der Waals surface area contributed by atoms with Gasteiger partial charge < -0.3 is 10.1 Å². The molecule has 3 rings (SSSR count). The molecule has 0 bridgehead atoms. The lowest BCUT2D eigenvalue weighted by Crippen LogP contribution is -2.28. The van der Waals surface area contributed by atoms with E-state index in [9.17, 15) is 9.59 Å². The van der Waals surface area contributed by atoms with Gasteiger partial charge in [-0.15, -0.1) is 0 Å². The molecule has 0 saturated carbocycles. The number of carbonyl (C=O) groups is 2. The summed E-state index contributed by atoms with van der Waals surface area (Å²) in [7, 11) is 0. The predicted molar refractivity (Wildman–Crippen MR) is 116 cm³/mol. The third kappa shape index (κ3) is 5.40. The second kappa shape index (κ2) is 9.78. The fraction of sp³-hybridized carbons (Fsp3) is 0.227. The number of rotatable bonds is 7. The first-order chi connectivity index (χ1) is 14.3. The van der Waals surface area contributed by atoms with Gasteiger partial charge >= 0.3 is 5.97 Å². The van der Waals surface area contributed by atoms with Gasteiger partial charge in [-0.2, -0.15) is 5.10 Å². The highest BCUT2D eigenvalue weighted by atomic mass is 35.5. The van der Waals surface area contributed by atoms with Gasteiger partial charge in [0.15, 0.2) is 0 Å². The first-order valence-corrected chi connectivity index (χ1v) is 10.1. The van der Waals surface area contributed by atoms with Crippen molar-refractivity contribution in [2.75, 3.05) is 0 Å². The Balaban J connectivity index is 1.69. The summed E-state index contributed by atoms with van der Waals surface area (Å²) < 4.78 is 7.05. The van der Waals surface area contributed by atoms with Crippen LogP contribution in [0.15, 0.2) is 54.6 Å². The van der Waals surface area contributed by atoms with Crippen molar-refractivity contribution in [3.05, 3.63) is 81.6 Å². The summed E-state index contributed by atoms with van der Waals surface area (Å²) in [6.45, 7) is 3.20. The van der Waals surface area contributed by atoms with Gasteiger partial charge in [-0.05, 0) is 36.8 Å². The van der Waals surface area contributed by atoms with Crippen LogP contribution >= 0.6 is 23.2 Å². The van der Waals surface area contributed by atoms with E-state index in [2.05, 4.69) is 10.4 Å². The fourth-order valence-corrected chi connectivity index (χ4v) is 3.46. The average molecular weight is 446 g/mol. The number of ether oxygens (including phenoxy) is 1. The first-order valence-electron chi connectivity index (χ1n) is 9.32. The van der Waals surface area contributed by atoms with Crippen molar-refractivity contribution < 1.29 is 14.3 Å². The molecule has 1 heterocycles. The summed E-state index contributed by atoms with van der Waals surface area (Å²) in [5.74, 6) is -0.711. The molecule has 0 aliphatic heterocycles. The van der Waals surface area contributed by atoms with Crippen LogP contribution in [0.4, 0.5) is 0 Å². The summed E-state index contributed by atoms with van der Waals surface area (Å²) in [6.07, 6.45) is -0.0231. The van der Waals surface area contributed by atoms with Crippen molar-refractivity contribution in [1.29, 1.82) is 0 Å². The van der Waals surface area contributed by atoms with Crippen LogP contribution in [0.5, 0.6) is 0 Å². The van der Waals surface area contributed by atoms with E-state index in [1.54, 1.807) is 28.9 Å². The Labute approximate surface area is 184 Å². The number of amides is 1. The van der Waals surface area contributed by atoms with Crippen molar-refractivity contribution in [1.82, 2.24) is 15.1 Å². The Morgan fingerprint density at radius 1 is 1.10 bits per heavy atom. The molecule has 3 aromatic rings. The van der Waals surface area contributed by atoms with Crippen LogP contribution in [0.1, 0.15) is 36.2 Å². The molecule has 0 aliphatic carbocycles. The Morgan fingerprint density at radius 3 is 2.40 bits per heavy atom. The minimum Gasteiger partial charge on any atom is -0.461 e. The molecule has 1 unspecified atom stereocenters. The zero-order valence-corrected chi connectivity index (χ0v) is 18.1. The van der Waals surface area contributed by atoms with Crippen LogP contribution in [-0.2, 0) is 20.9 Å². The van der Waals surface area contributed by atoms with Gasteiger partial charge in [0, 0.05) is 17.5 Å². The average Bonchev–Trinajstić information content (AvgIpc) is 3.00. The summed E-state index contributed by atoms with van der Waals surface area (Å²) in [5.41, 5.74) is 2.89. The highest BCUT2D eigenvalue weighted by Gasteiger charge is 2.20. The maximum Gasteiger partial charge on any atom is 0.308 e. The smallest absolute Gasteiger partial charge is 0.308 e. The summed E-state index contributed by atoms with van der Waals surface area (Å²) in [4.78, 5) is 24.0. The van der Waals surface area contributed by atoms with E-state index in [1.165, 1.54) is 6.92 Å². The number of aromatic nitrogens is 2. The molecule has 1 amide bonds. The number of hydrogen-bond acceptors (Lipinski definition) is 4. The van der Waals surface area contributed by atoms with Gasteiger partial charge in [0.25, 0.3) is 0 Å². The van der Waals surface area contributed by atoms with Crippen LogP contribution in [0.3, 0.4) is 0 Å². The Kier molecular flexibility index (Phi) is 7.13. The maximum absolute atomic E-state index is 12.5. The second-order valence-corrected chi connectivity index (χ2v) is 7.57. The van der Waals surface area contributed by atoms with Crippen LogP contribution in [0.25, 0.3) is 5.69 Å². The number of esters is 1. The molecule has 0 aliphatic rings. The molecule has 6 nitrogen and oxygen atoms in total. The van der Waals surface area contributed by atoms with E-state index in [-0.39, 0.29) is 18.9 Å². The zero-order valence-electron chi connectivity index (χ0n) is 16.6. The van der Waals surface area contributed by atoms with Gasteiger partial charge in [-0.25, -0.2) is 4.68 Å². The van der Waals surface area contributed by atoms with Crippen molar-refractivity contribution in [2.45, 2.75) is 32.9 Å². The first kappa shape index (κ1) is 21.9. The lowest BCUT2D eigenvalue weighted by molar-refractivity contribution is -0.145. The molecular weight excluding hydrogens is 425 g/mol. The summed E-state index contributed by atoms with van der Waals surface area (Å²) in [5, 5.41) is 8.17. The normalized spacial score (nSPS) is 11.7. The van der Waals surface area contributed by atoms with Crippen molar-refractivity contribution >= 4 is 35.1 Å². The van der Waals surface area contributed by atoms with Gasteiger partial charge in [-0.3, -0.25) is 9.59 Å². The monoisotopic (exact) mass is 445 g/mol. The minimum absolute atomic E-state index is 0.0102. The molecule has 0 fully saturated rings. The number of halogens is 2. The Hall–Kier alpha value is -2.83. The van der Waals surface area contributed by atoms with Gasteiger partial charge in [0.05, 0.1) is 23.8 Å². The topological polar surface area (TPSA) is 73.2 Å². The number of benzene rings is 2. The molecule has 30 heavy (non-hydrogen) atoms. The molecule has 0 radical (unpaired) electrons. The molecular formula is C22H21Cl2N3O3. The fourth-order valence-electron chi connectivity index (χ4n) is 3.01. The number of para-hydroxylation sites is 1. The number of carbonyl (C=O) groups excluding carboxylic acids is 2. The number of nitrogens with one attached hydrogen (secondary N) is 1. The summed E-state index contributed by atoms with van der Waals surface area (Å²) >= 11 is 12.4. The van der Waals surface area contributed by atoms with Gasteiger partial charge in [0.1, 0.15) is 11.8 Å². The van der Waals surface area contributed by atoms with Crippen LogP contribution < -0.4 is 5.32 Å². The molecule has 0 saturated heterocycles. The molecule has 0 spiro atoms. The number of aryl methyl sites for hydroxylation is 1. The molecule has 1 atom stereocenters. The van der Waals surface area contributed by atoms with E-state index in [0.717, 1.165) is 11.3 Å². The molecule has 2 aromatic carbocycles. The van der Waals surface area contributed by atoms with E-state index >= 15 is 0 Å². The van der Waals surface area contributed by atoms with Gasteiger partial charge in [0.2, 0.25) is 5.91 Å². The third-order valence-corrected chi connectivity index (χ3v) is 5.16. The van der Waals surface area contributed by atoms with E-state index in [0.29, 0.717) is 21.4 Å². The van der Waals surface area contributed by atoms with Crippen molar-refractivity contribution in [2.24, 2.45) is 0 Å². The quantitative estimate of drug-likeness (QED) is 0.530. The largest absolute Gasteiger partial charge is 0.461 e. The Morgan fingerprint density at radius 2 is 1.77 bits per heavy atom. The molecule has 8 heteroatoms. The van der Waals surface area contributed by atoms with Gasteiger partial charge in [-0.1, -0.05) is 53.5 Å².